The molecule has 0 unspecified atom stereocenters. The van der Waals surface area contributed by atoms with Crippen molar-refractivity contribution in [3.8, 4) is 0 Å². The van der Waals surface area contributed by atoms with E-state index in [9.17, 15) is 19.8 Å². The van der Waals surface area contributed by atoms with Crippen LogP contribution in [0.1, 0.15) is 79.6 Å². The summed E-state index contributed by atoms with van der Waals surface area (Å²) in [5.74, 6) is -2.67. The van der Waals surface area contributed by atoms with Crippen LogP contribution in [0, 0.1) is 23.2 Å². The highest BCUT2D eigenvalue weighted by Gasteiger charge is 2.61. The molecule has 2 aliphatic carbocycles. The molecule has 20 atom stereocenters. The monoisotopic (exact) mass is 822 g/mol. The summed E-state index contributed by atoms with van der Waals surface area (Å²) in [6, 6.07) is 0. The maximum Gasteiger partial charge on any atom is 0.336 e. The summed E-state index contributed by atoms with van der Waals surface area (Å²) in [6.07, 6.45) is -1.34. The highest BCUT2D eigenvalue weighted by Crippen LogP contribution is 2.56. The maximum atomic E-state index is 13.7. The fraction of sp³-hybridized carbons (Fsp3) is 0.857. The van der Waals surface area contributed by atoms with Crippen molar-refractivity contribution in [3.05, 3.63) is 23.3 Å². The van der Waals surface area contributed by atoms with Gasteiger partial charge in [-0.3, -0.25) is 4.79 Å². The lowest BCUT2D eigenvalue weighted by atomic mass is 9.55. The van der Waals surface area contributed by atoms with Crippen molar-refractivity contribution in [1.82, 2.24) is 0 Å². The van der Waals surface area contributed by atoms with Gasteiger partial charge in [0.05, 0.1) is 55.1 Å². The zero-order valence-electron chi connectivity index (χ0n) is 34.8. The second-order valence-corrected chi connectivity index (χ2v) is 17.8. The molecule has 58 heavy (non-hydrogen) atoms. The number of aliphatic hydroxyl groups excluding tert-OH is 2. The average molecular weight is 823 g/mol. The number of hydrogen-bond acceptors (Lipinski definition) is 16. The van der Waals surface area contributed by atoms with E-state index in [0.29, 0.717) is 44.1 Å². The van der Waals surface area contributed by atoms with Crippen molar-refractivity contribution in [2.24, 2.45) is 23.2 Å². The number of hydrogen-bond donors (Lipinski definition) is 2. The Hall–Kier alpha value is -2.06. The predicted octanol–water partition coefficient (Wildman–Crippen LogP) is 2.84. The van der Waals surface area contributed by atoms with Crippen LogP contribution in [0.3, 0.4) is 0 Å². The van der Waals surface area contributed by atoms with Crippen LogP contribution in [0.4, 0.5) is 0 Å². The Morgan fingerprint density at radius 1 is 0.776 bits per heavy atom. The maximum absolute atomic E-state index is 13.7. The molecule has 8 rings (SSSR count). The molecule has 6 aliphatic heterocycles. The number of rotatable bonds is 9. The second kappa shape index (κ2) is 16.7. The SMILES string of the molecule is CO[C@@H]1[C@@H](O)[C@H](O[C@H]2CC[C@@]3(C)C(=CC[C@H]4C(=O)O[C@@H]5CO[C@]6(C)OC(=O)/C(=C/C[C@@H]43)[C@H]56)C2)O[C@H](C)[C@H]1O[C@H]1C[C@H](OC)[C@H](O[C@H]2C[C@H](OC)[C@H](O)[C@@H](C)O2)[C@H](C)O1. The van der Waals surface area contributed by atoms with E-state index >= 15 is 0 Å². The highest BCUT2D eigenvalue weighted by molar-refractivity contribution is 5.92. The first-order chi connectivity index (χ1) is 27.7. The zero-order valence-corrected chi connectivity index (χ0v) is 34.8. The molecular weight excluding hydrogens is 760 g/mol. The van der Waals surface area contributed by atoms with E-state index < -0.39 is 104 Å². The highest BCUT2D eigenvalue weighted by atomic mass is 16.8. The van der Waals surface area contributed by atoms with Gasteiger partial charge in [0.1, 0.15) is 36.6 Å². The number of aliphatic hydroxyl groups is 2. The van der Waals surface area contributed by atoms with Crippen LogP contribution in [0.2, 0.25) is 0 Å². The lowest BCUT2D eigenvalue weighted by Gasteiger charge is -2.51. The van der Waals surface area contributed by atoms with Crippen molar-refractivity contribution in [1.29, 1.82) is 0 Å². The first-order valence-electron chi connectivity index (χ1n) is 21.0. The van der Waals surface area contributed by atoms with E-state index in [1.807, 2.05) is 19.9 Å². The number of methoxy groups -OCH3 is 3. The molecule has 0 aromatic heterocycles. The van der Waals surface area contributed by atoms with E-state index in [2.05, 4.69) is 13.0 Å². The van der Waals surface area contributed by atoms with Crippen LogP contribution < -0.4 is 0 Å². The van der Waals surface area contributed by atoms with E-state index in [-0.39, 0.29) is 35.9 Å². The fourth-order valence-corrected chi connectivity index (χ4v) is 11.1. The first-order valence-corrected chi connectivity index (χ1v) is 21.0. The van der Waals surface area contributed by atoms with Crippen LogP contribution in [0.5, 0.6) is 0 Å². The number of ether oxygens (including phenoxy) is 12. The molecule has 6 heterocycles. The summed E-state index contributed by atoms with van der Waals surface area (Å²) in [4.78, 5) is 26.7. The van der Waals surface area contributed by atoms with Crippen LogP contribution in [-0.2, 0) is 66.4 Å². The summed E-state index contributed by atoms with van der Waals surface area (Å²) in [7, 11) is 4.70. The Morgan fingerprint density at radius 3 is 2.19 bits per heavy atom. The minimum Gasteiger partial charge on any atom is -0.459 e. The lowest BCUT2D eigenvalue weighted by Crippen LogP contribution is -2.61. The van der Waals surface area contributed by atoms with Crippen LogP contribution in [-0.4, -0.2) is 148 Å². The van der Waals surface area contributed by atoms with E-state index in [4.69, 9.17) is 56.8 Å². The lowest BCUT2D eigenvalue weighted by molar-refractivity contribution is -0.353. The van der Waals surface area contributed by atoms with Crippen LogP contribution in [0.25, 0.3) is 0 Å². The standard InChI is InChI=1S/C42H62O16/c1-19-33(43)27(47-6)16-30(51-19)56-35-20(2)52-31(17-28(35)48-7)57-36-21(3)53-40(34(44)37(36)49-8)54-23-13-14-41(4)22(15-23)9-10-24-26(41)12-11-25-32-29(55-38(24)45)18-50-42(32,5)58-39(25)46/h9,11,19-21,23-24,26-37,40,43-44H,10,12-18H2,1-8H3/b25-11+/t19-,20+,21-,23+,24-,26+,27+,28+,29-,30+,31+,32-,33-,34-,35-,36-,37-,40+,41+,42-/m1/s1. The molecule has 2 N–H and O–H groups in total. The van der Waals surface area contributed by atoms with Crippen molar-refractivity contribution in [2.45, 2.75) is 177 Å². The Kier molecular flexibility index (Phi) is 12.2. The molecule has 16 nitrogen and oxygen atoms in total. The van der Waals surface area contributed by atoms with Crippen molar-refractivity contribution in [3.63, 3.8) is 0 Å². The largest absolute Gasteiger partial charge is 0.459 e. The normalized spacial score (nSPS) is 51.4. The third-order valence-corrected chi connectivity index (χ3v) is 14.4. The molecule has 0 aromatic rings. The van der Waals surface area contributed by atoms with Gasteiger partial charge in [-0.2, -0.15) is 0 Å². The van der Waals surface area contributed by atoms with Gasteiger partial charge in [-0.05, 0) is 64.2 Å². The molecule has 6 fully saturated rings. The minimum absolute atomic E-state index is 0.0780. The van der Waals surface area contributed by atoms with Gasteiger partial charge in [0, 0.05) is 46.7 Å². The Bertz CT molecular complexity index is 1590. The van der Waals surface area contributed by atoms with Crippen LogP contribution in [0.15, 0.2) is 23.3 Å². The van der Waals surface area contributed by atoms with Gasteiger partial charge >= 0.3 is 11.9 Å². The molecule has 0 bridgehead atoms. The summed E-state index contributed by atoms with van der Waals surface area (Å²) in [5.41, 5.74) is 1.40. The van der Waals surface area contributed by atoms with E-state index in [1.165, 1.54) is 12.7 Å². The molecule has 1 saturated carbocycles. The second-order valence-electron chi connectivity index (χ2n) is 17.8. The molecule has 16 heteroatoms. The minimum atomic E-state index is -1.16. The Morgan fingerprint density at radius 2 is 1.47 bits per heavy atom. The Balaban J connectivity index is 0.889. The number of carbonyl (C=O) groups is 2. The summed E-state index contributed by atoms with van der Waals surface area (Å²) in [5, 5.41) is 22.0. The Labute approximate surface area is 340 Å². The molecule has 0 amide bonds. The van der Waals surface area contributed by atoms with E-state index in [0.717, 1.165) is 6.42 Å². The van der Waals surface area contributed by atoms with Gasteiger partial charge < -0.3 is 67.1 Å². The van der Waals surface area contributed by atoms with Gasteiger partial charge in [0.2, 0.25) is 5.79 Å². The summed E-state index contributed by atoms with van der Waals surface area (Å²) < 4.78 is 72.7. The fourth-order valence-electron chi connectivity index (χ4n) is 11.1. The van der Waals surface area contributed by atoms with Gasteiger partial charge in [0.25, 0.3) is 0 Å². The number of fused-ring (bicyclic) bond motifs is 3. The summed E-state index contributed by atoms with van der Waals surface area (Å²) in [6.45, 7) is 9.66. The topological polar surface area (TPSA) is 185 Å². The number of carbonyl (C=O) groups excluding carboxylic acids is 2. The number of allylic oxidation sites excluding steroid dienone is 2. The van der Waals surface area contributed by atoms with E-state index in [1.54, 1.807) is 28.1 Å². The third-order valence-electron chi connectivity index (χ3n) is 14.4. The van der Waals surface area contributed by atoms with Gasteiger partial charge in [-0.1, -0.05) is 24.6 Å². The first kappa shape index (κ1) is 42.6. The zero-order chi connectivity index (χ0) is 41.3. The van der Waals surface area contributed by atoms with Crippen molar-refractivity contribution < 1.29 is 76.6 Å². The molecule has 0 spiro atoms. The molecule has 5 saturated heterocycles. The quantitative estimate of drug-likeness (QED) is 0.255. The smallest absolute Gasteiger partial charge is 0.336 e. The molecule has 326 valence electrons. The molecule has 8 aliphatic rings. The number of esters is 2. The summed E-state index contributed by atoms with van der Waals surface area (Å²) >= 11 is 0. The molecule has 0 radical (unpaired) electrons. The molecular formula is C42H62O16. The van der Waals surface area contributed by atoms with Crippen molar-refractivity contribution >= 4 is 11.9 Å². The average Bonchev–Trinajstić information content (AvgIpc) is 3.65. The predicted molar refractivity (Wildman–Crippen MR) is 199 cm³/mol. The van der Waals surface area contributed by atoms with Gasteiger partial charge in [0.15, 0.2) is 18.9 Å². The molecule has 0 aromatic carbocycles. The van der Waals surface area contributed by atoms with Gasteiger partial charge in [-0.15, -0.1) is 0 Å². The van der Waals surface area contributed by atoms with Crippen LogP contribution >= 0.6 is 0 Å². The third kappa shape index (κ3) is 7.61. The van der Waals surface area contributed by atoms with Crippen molar-refractivity contribution in [2.75, 3.05) is 27.9 Å². The van der Waals surface area contributed by atoms with Gasteiger partial charge in [-0.25, -0.2) is 4.79 Å².